The summed E-state index contributed by atoms with van der Waals surface area (Å²) < 4.78 is 5.57. The summed E-state index contributed by atoms with van der Waals surface area (Å²) in [4.78, 5) is 14.7. The molecule has 0 saturated carbocycles. The molecule has 1 fully saturated rings. The number of non-ortho nitro benzene ring substituents is 1. The number of hydrogen-bond acceptors (Lipinski definition) is 4. The van der Waals surface area contributed by atoms with Crippen molar-refractivity contribution >= 4 is 11.6 Å². The number of rotatable bonds is 6. The standard InChI is InChI=1S/C15H22N4O3/c1-2-16-15(18-11-14-4-3-9-22-14)17-10-12-5-7-13(8-6-12)19(20)21/h5-8,14H,2-4,9-11H2,1H3,(H2,16,17,18). The van der Waals surface area contributed by atoms with Crippen LogP contribution in [0, 0.1) is 10.1 Å². The second-order valence-corrected chi connectivity index (χ2v) is 5.13. The molecule has 0 aliphatic carbocycles. The van der Waals surface area contributed by atoms with Crippen molar-refractivity contribution in [2.45, 2.75) is 32.4 Å². The van der Waals surface area contributed by atoms with E-state index < -0.39 is 4.92 Å². The van der Waals surface area contributed by atoms with Crippen molar-refractivity contribution < 1.29 is 9.66 Å². The Labute approximate surface area is 129 Å². The van der Waals surface area contributed by atoms with Gasteiger partial charge in [-0.15, -0.1) is 0 Å². The zero-order valence-electron chi connectivity index (χ0n) is 12.7. The smallest absolute Gasteiger partial charge is 0.269 e. The first-order valence-electron chi connectivity index (χ1n) is 7.56. The lowest BCUT2D eigenvalue weighted by molar-refractivity contribution is -0.384. The molecule has 1 saturated heterocycles. The normalized spacial score (nSPS) is 18.2. The Kier molecular flexibility index (Phi) is 6.14. The largest absolute Gasteiger partial charge is 0.376 e. The highest BCUT2D eigenvalue weighted by molar-refractivity contribution is 5.79. The van der Waals surface area contributed by atoms with Gasteiger partial charge in [-0.25, -0.2) is 4.99 Å². The van der Waals surface area contributed by atoms with Crippen LogP contribution in [0.3, 0.4) is 0 Å². The summed E-state index contributed by atoms with van der Waals surface area (Å²) in [6.07, 6.45) is 2.45. The van der Waals surface area contributed by atoms with E-state index in [1.54, 1.807) is 12.1 Å². The van der Waals surface area contributed by atoms with Gasteiger partial charge in [0, 0.05) is 31.8 Å². The van der Waals surface area contributed by atoms with E-state index in [4.69, 9.17) is 4.74 Å². The van der Waals surface area contributed by atoms with Gasteiger partial charge in [0.1, 0.15) is 0 Å². The third-order valence-electron chi connectivity index (χ3n) is 3.43. The van der Waals surface area contributed by atoms with Crippen molar-refractivity contribution in [3.63, 3.8) is 0 Å². The zero-order chi connectivity index (χ0) is 15.8. The predicted octanol–water partition coefficient (Wildman–Crippen LogP) is 1.83. The number of nitro groups is 1. The van der Waals surface area contributed by atoms with Crippen LogP contribution in [0.1, 0.15) is 25.3 Å². The van der Waals surface area contributed by atoms with E-state index in [0.717, 1.165) is 44.1 Å². The molecule has 1 aliphatic rings. The molecule has 1 unspecified atom stereocenters. The Bertz CT molecular complexity index is 510. The summed E-state index contributed by atoms with van der Waals surface area (Å²) in [5.74, 6) is 0.733. The van der Waals surface area contributed by atoms with Crippen LogP contribution in [0.15, 0.2) is 29.3 Å². The number of nitro benzene ring substituents is 1. The molecule has 0 bridgehead atoms. The lowest BCUT2D eigenvalue weighted by Gasteiger charge is -2.14. The molecule has 1 aromatic carbocycles. The van der Waals surface area contributed by atoms with Crippen LogP contribution in [0.2, 0.25) is 0 Å². The molecule has 2 rings (SSSR count). The van der Waals surface area contributed by atoms with Crippen LogP contribution in [-0.4, -0.2) is 36.7 Å². The number of benzene rings is 1. The van der Waals surface area contributed by atoms with Gasteiger partial charge in [-0.05, 0) is 25.3 Å². The van der Waals surface area contributed by atoms with E-state index in [9.17, 15) is 10.1 Å². The summed E-state index contributed by atoms with van der Waals surface area (Å²) >= 11 is 0. The van der Waals surface area contributed by atoms with E-state index in [2.05, 4.69) is 15.6 Å². The van der Waals surface area contributed by atoms with Crippen LogP contribution in [0.4, 0.5) is 5.69 Å². The Morgan fingerprint density at radius 3 is 2.77 bits per heavy atom. The van der Waals surface area contributed by atoms with E-state index in [-0.39, 0.29) is 11.8 Å². The molecule has 1 heterocycles. The van der Waals surface area contributed by atoms with E-state index in [1.807, 2.05) is 6.92 Å². The zero-order valence-corrected chi connectivity index (χ0v) is 12.7. The highest BCUT2D eigenvalue weighted by atomic mass is 16.6. The van der Waals surface area contributed by atoms with Gasteiger partial charge in [0.15, 0.2) is 5.96 Å². The molecule has 1 atom stereocenters. The lowest BCUT2D eigenvalue weighted by atomic mass is 10.2. The van der Waals surface area contributed by atoms with Crippen LogP contribution in [0.5, 0.6) is 0 Å². The van der Waals surface area contributed by atoms with Gasteiger partial charge in [0.25, 0.3) is 5.69 Å². The molecule has 7 nitrogen and oxygen atoms in total. The summed E-state index contributed by atoms with van der Waals surface area (Å²) in [6.45, 7) is 4.83. The van der Waals surface area contributed by atoms with Crippen molar-refractivity contribution in [2.24, 2.45) is 4.99 Å². The molecule has 1 aliphatic heterocycles. The van der Waals surface area contributed by atoms with Crippen LogP contribution in [-0.2, 0) is 11.3 Å². The molecule has 2 N–H and O–H groups in total. The molecule has 120 valence electrons. The van der Waals surface area contributed by atoms with E-state index in [1.165, 1.54) is 12.1 Å². The Morgan fingerprint density at radius 1 is 1.41 bits per heavy atom. The molecular formula is C15H22N4O3. The number of nitrogens with one attached hydrogen (secondary N) is 2. The molecule has 22 heavy (non-hydrogen) atoms. The fourth-order valence-electron chi connectivity index (χ4n) is 2.25. The van der Waals surface area contributed by atoms with Crippen LogP contribution < -0.4 is 10.6 Å². The van der Waals surface area contributed by atoms with E-state index in [0.29, 0.717) is 6.54 Å². The minimum Gasteiger partial charge on any atom is -0.376 e. The monoisotopic (exact) mass is 306 g/mol. The highest BCUT2D eigenvalue weighted by Crippen LogP contribution is 2.12. The van der Waals surface area contributed by atoms with Crippen LogP contribution >= 0.6 is 0 Å². The van der Waals surface area contributed by atoms with Gasteiger partial charge in [-0.1, -0.05) is 12.1 Å². The minimum absolute atomic E-state index is 0.0937. The fourth-order valence-corrected chi connectivity index (χ4v) is 2.25. The summed E-state index contributed by atoms with van der Waals surface area (Å²) in [6, 6.07) is 6.45. The molecule has 0 radical (unpaired) electrons. The second kappa shape index (κ2) is 8.33. The predicted molar refractivity (Wildman–Crippen MR) is 84.9 cm³/mol. The number of aliphatic imine (C=N–C) groups is 1. The Balaban J connectivity index is 1.89. The lowest BCUT2D eigenvalue weighted by Crippen LogP contribution is -2.41. The molecule has 0 spiro atoms. The summed E-state index contributed by atoms with van der Waals surface area (Å²) in [5, 5.41) is 17.1. The molecule has 0 aromatic heterocycles. The van der Waals surface area contributed by atoms with Crippen molar-refractivity contribution in [3.8, 4) is 0 Å². The van der Waals surface area contributed by atoms with Crippen molar-refractivity contribution in [3.05, 3.63) is 39.9 Å². The average molecular weight is 306 g/mol. The van der Waals surface area contributed by atoms with Crippen molar-refractivity contribution in [2.75, 3.05) is 19.7 Å². The topological polar surface area (TPSA) is 88.8 Å². The highest BCUT2D eigenvalue weighted by Gasteiger charge is 2.15. The number of guanidine groups is 1. The molecule has 7 heteroatoms. The number of hydrogen-bond donors (Lipinski definition) is 2. The third-order valence-corrected chi connectivity index (χ3v) is 3.43. The molecule has 0 amide bonds. The third kappa shape index (κ3) is 5.00. The van der Waals surface area contributed by atoms with Gasteiger partial charge in [0.05, 0.1) is 17.6 Å². The number of ether oxygens (including phenoxy) is 1. The molecule has 1 aromatic rings. The first-order valence-corrected chi connectivity index (χ1v) is 7.56. The first kappa shape index (κ1) is 16.2. The van der Waals surface area contributed by atoms with Gasteiger partial charge in [0.2, 0.25) is 0 Å². The summed E-state index contributed by atoms with van der Waals surface area (Å²) in [5.41, 5.74) is 1.02. The maximum absolute atomic E-state index is 10.6. The van der Waals surface area contributed by atoms with E-state index >= 15 is 0 Å². The Morgan fingerprint density at radius 2 is 2.18 bits per heavy atom. The second-order valence-electron chi connectivity index (χ2n) is 5.13. The quantitative estimate of drug-likeness (QED) is 0.362. The van der Waals surface area contributed by atoms with Gasteiger partial charge in [-0.2, -0.15) is 0 Å². The van der Waals surface area contributed by atoms with Crippen molar-refractivity contribution in [1.29, 1.82) is 0 Å². The fraction of sp³-hybridized carbons (Fsp3) is 0.533. The maximum Gasteiger partial charge on any atom is 0.269 e. The minimum atomic E-state index is -0.403. The Hall–Kier alpha value is -2.15. The van der Waals surface area contributed by atoms with Crippen LogP contribution in [0.25, 0.3) is 0 Å². The van der Waals surface area contributed by atoms with Gasteiger partial charge >= 0.3 is 0 Å². The summed E-state index contributed by atoms with van der Waals surface area (Å²) in [7, 11) is 0. The van der Waals surface area contributed by atoms with Crippen molar-refractivity contribution in [1.82, 2.24) is 10.6 Å². The van der Waals surface area contributed by atoms with Gasteiger partial charge in [-0.3, -0.25) is 10.1 Å². The SMILES string of the molecule is CCNC(=NCc1ccc([N+](=O)[O-])cc1)NCC1CCCO1. The van der Waals surface area contributed by atoms with Gasteiger partial charge < -0.3 is 15.4 Å². The number of nitrogens with zero attached hydrogens (tertiary/aromatic N) is 2. The molecular weight excluding hydrogens is 284 g/mol. The first-order chi connectivity index (χ1) is 10.7. The maximum atomic E-state index is 10.6. The average Bonchev–Trinajstić information content (AvgIpc) is 3.04.